The molecule has 27 heavy (non-hydrogen) atoms. The number of carbonyl (C=O) groups is 2. The van der Waals surface area contributed by atoms with Gasteiger partial charge in [0.15, 0.2) is 5.13 Å². The highest BCUT2D eigenvalue weighted by atomic mass is 79.9. The largest absolute Gasteiger partial charge is 0.312 e. The fourth-order valence-electron chi connectivity index (χ4n) is 3.56. The van der Waals surface area contributed by atoms with Crippen LogP contribution in [0.15, 0.2) is 28.7 Å². The van der Waals surface area contributed by atoms with Crippen LogP contribution in [0, 0.1) is 5.92 Å². The fourth-order valence-corrected chi connectivity index (χ4v) is 5.00. The Balaban J connectivity index is 1.42. The average molecular weight is 449 g/mol. The molecule has 142 valence electrons. The van der Waals surface area contributed by atoms with Crippen LogP contribution >= 0.6 is 27.3 Å². The zero-order valence-electron chi connectivity index (χ0n) is 15.1. The first kappa shape index (κ1) is 18.6. The summed E-state index contributed by atoms with van der Waals surface area (Å²) in [6.07, 6.45) is 1.15. The smallest absolute Gasteiger partial charge is 0.231 e. The van der Waals surface area contributed by atoms with Crippen molar-refractivity contribution < 1.29 is 9.59 Å². The highest BCUT2D eigenvalue weighted by Crippen LogP contribution is 2.31. The van der Waals surface area contributed by atoms with Crippen LogP contribution in [-0.4, -0.2) is 41.3 Å². The molecule has 2 aliphatic rings. The van der Waals surface area contributed by atoms with Gasteiger partial charge in [0, 0.05) is 47.5 Å². The number of amides is 2. The van der Waals surface area contributed by atoms with Crippen LogP contribution in [0.3, 0.4) is 0 Å². The van der Waals surface area contributed by atoms with Gasteiger partial charge >= 0.3 is 0 Å². The molecule has 0 saturated carbocycles. The molecule has 8 heteroatoms. The quantitative estimate of drug-likeness (QED) is 0.778. The number of halogens is 1. The molecular weight excluding hydrogens is 428 g/mol. The van der Waals surface area contributed by atoms with Crippen LogP contribution in [-0.2, 0) is 22.6 Å². The number of carbonyl (C=O) groups excluding carboxylic acids is 2. The third-order valence-electron chi connectivity index (χ3n) is 5.10. The molecule has 1 aromatic heterocycles. The zero-order chi connectivity index (χ0) is 19.0. The SMILES string of the molecule is CCN1CCc2nc(NC(=O)C3CC(=O)N(c4cccc(Br)c4)C3)sc2C1. The first-order valence-corrected chi connectivity index (χ1v) is 10.7. The monoisotopic (exact) mass is 448 g/mol. The van der Waals surface area contributed by atoms with Crippen molar-refractivity contribution in [1.82, 2.24) is 9.88 Å². The van der Waals surface area contributed by atoms with E-state index in [4.69, 9.17) is 0 Å². The second-order valence-corrected chi connectivity index (χ2v) is 8.88. The van der Waals surface area contributed by atoms with Gasteiger partial charge < -0.3 is 10.2 Å². The number of benzene rings is 1. The number of fused-ring (bicyclic) bond motifs is 1. The van der Waals surface area contributed by atoms with E-state index in [1.807, 2.05) is 24.3 Å². The molecule has 1 saturated heterocycles. The summed E-state index contributed by atoms with van der Waals surface area (Å²) >= 11 is 4.98. The molecule has 2 aromatic rings. The summed E-state index contributed by atoms with van der Waals surface area (Å²) in [5, 5.41) is 3.59. The predicted octanol–water partition coefficient (Wildman–Crippen LogP) is 3.28. The highest BCUT2D eigenvalue weighted by molar-refractivity contribution is 9.10. The molecule has 3 heterocycles. The van der Waals surface area contributed by atoms with Gasteiger partial charge in [0.25, 0.3) is 0 Å². The Kier molecular flexibility index (Phi) is 5.29. The number of hydrogen-bond donors (Lipinski definition) is 1. The molecule has 0 radical (unpaired) electrons. The topological polar surface area (TPSA) is 65.5 Å². The van der Waals surface area contributed by atoms with E-state index < -0.39 is 0 Å². The Hall–Kier alpha value is -1.77. The van der Waals surface area contributed by atoms with Crippen LogP contribution in [0.2, 0.25) is 0 Å². The lowest BCUT2D eigenvalue weighted by molar-refractivity contribution is -0.122. The van der Waals surface area contributed by atoms with Gasteiger partial charge in [0.2, 0.25) is 11.8 Å². The van der Waals surface area contributed by atoms with Crippen molar-refractivity contribution in [2.45, 2.75) is 26.3 Å². The maximum Gasteiger partial charge on any atom is 0.231 e. The Morgan fingerprint density at radius 1 is 1.44 bits per heavy atom. The first-order valence-electron chi connectivity index (χ1n) is 9.11. The van der Waals surface area contributed by atoms with Crippen LogP contribution in [0.1, 0.15) is 23.9 Å². The van der Waals surface area contributed by atoms with E-state index in [9.17, 15) is 9.59 Å². The molecule has 0 bridgehead atoms. The van der Waals surface area contributed by atoms with E-state index in [1.54, 1.807) is 16.2 Å². The van der Waals surface area contributed by atoms with Gasteiger partial charge in [-0.15, -0.1) is 11.3 Å². The number of aromatic nitrogens is 1. The Morgan fingerprint density at radius 2 is 2.30 bits per heavy atom. The van der Waals surface area contributed by atoms with Crippen LogP contribution < -0.4 is 10.2 Å². The van der Waals surface area contributed by atoms with Gasteiger partial charge in [0.05, 0.1) is 11.6 Å². The number of likely N-dealkylation sites (N-methyl/N-ethyl adjacent to an activating group) is 1. The lowest BCUT2D eigenvalue weighted by Crippen LogP contribution is -2.29. The van der Waals surface area contributed by atoms with Crippen molar-refractivity contribution in [3.05, 3.63) is 39.3 Å². The minimum Gasteiger partial charge on any atom is -0.312 e. The summed E-state index contributed by atoms with van der Waals surface area (Å²) in [5.41, 5.74) is 1.91. The van der Waals surface area contributed by atoms with Crippen molar-refractivity contribution in [3.8, 4) is 0 Å². The Bertz CT molecular complexity index is 884. The average Bonchev–Trinajstić information content (AvgIpc) is 3.23. The molecule has 0 spiro atoms. The Morgan fingerprint density at radius 3 is 3.07 bits per heavy atom. The number of nitrogens with one attached hydrogen (secondary N) is 1. The van der Waals surface area contributed by atoms with Gasteiger partial charge in [-0.05, 0) is 24.7 Å². The summed E-state index contributed by atoms with van der Waals surface area (Å²) in [6, 6.07) is 7.59. The maximum absolute atomic E-state index is 12.7. The van der Waals surface area contributed by atoms with Crippen molar-refractivity contribution in [1.29, 1.82) is 0 Å². The number of anilines is 2. The lowest BCUT2D eigenvalue weighted by Gasteiger charge is -2.23. The number of hydrogen-bond acceptors (Lipinski definition) is 5. The maximum atomic E-state index is 12.7. The third kappa shape index (κ3) is 3.93. The summed E-state index contributed by atoms with van der Waals surface area (Å²) in [4.78, 5) is 35.0. The van der Waals surface area contributed by atoms with Gasteiger partial charge in [-0.1, -0.05) is 28.9 Å². The summed E-state index contributed by atoms with van der Waals surface area (Å²) < 4.78 is 0.912. The standard InChI is InChI=1S/C19H21BrN4O2S/c1-2-23-7-6-15-16(11-23)27-19(21-15)22-18(26)12-8-17(25)24(10-12)14-5-3-4-13(20)9-14/h3-5,9,12H,2,6-8,10-11H2,1H3,(H,21,22,26). The molecule has 2 amide bonds. The molecule has 1 aromatic carbocycles. The zero-order valence-corrected chi connectivity index (χ0v) is 17.5. The minimum absolute atomic E-state index is 0.0229. The molecule has 4 rings (SSSR count). The van der Waals surface area contributed by atoms with Crippen molar-refractivity contribution in [3.63, 3.8) is 0 Å². The van der Waals surface area contributed by atoms with Crippen molar-refractivity contribution in [2.75, 3.05) is 29.9 Å². The first-order chi connectivity index (χ1) is 13.0. The minimum atomic E-state index is -0.357. The lowest BCUT2D eigenvalue weighted by atomic mass is 10.1. The van der Waals surface area contributed by atoms with Gasteiger partial charge in [0.1, 0.15) is 0 Å². The summed E-state index contributed by atoms with van der Waals surface area (Å²) in [7, 11) is 0. The molecule has 2 aliphatic heterocycles. The van der Waals surface area contributed by atoms with E-state index in [0.29, 0.717) is 11.7 Å². The predicted molar refractivity (Wildman–Crippen MR) is 110 cm³/mol. The summed E-state index contributed by atoms with van der Waals surface area (Å²) in [6.45, 7) is 5.49. The van der Waals surface area contributed by atoms with Gasteiger partial charge in [-0.2, -0.15) is 0 Å². The summed E-state index contributed by atoms with van der Waals surface area (Å²) in [5.74, 6) is -0.505. The Labute approximate surface area is 170 Å². The van der Waals surface area contributed by atoms with E-state index in [0.717, 1.165) is 41.9 Å². The molecule has 1 fully saturated rings. The highest BCUT2D eigenvalue weighted by Gasteiger charge is 2.35. The van der Waals surface area contributed by atoms with E-state index in [-0.39, 0.29) is 24.2 Å². The van der Waals surface area contributed by atoms with Crippen LogP contribution in [0.25, 0.3) is 0 Å². The van der Waals surface area contributed by atoms with Crippen LogP contribution in [0.5, 0.6) is 0 Å². The molecular formula is C19H21BrN4O2S. The van der Waals surface area contributed by atoms with Crippen molar-refractivity contribution >= 4 is 49.9 Å². The van der Waals surface area contributed by atoms with E-state index in [2.05, 4.69) is 38.1 Å². The molecule has 0 aliphatic carbocycles. The van der Waals surface area contributed by atoms with E-state index >= 15 is 0 Å². The molecule has 1 N–H and O–H groups in total. The molecule has 1 atom stereocenters. The number of thiazole rings is 1. The fraction of sp³-hybridized carbons (Fsp3) is 0.421. The number of nitrogens with zero attached hydrogens (tertiary/aromatic N) is 3. The molecule has 6 nitrogen and oxygen atoms in total. The van der Waals surface area contributed by atoms with Gasteiger partial charge in [-0.25, -0.2) is 4.98 Å². The normalized spacial score (nSPS) is 20.0. The second kappa shape index (κ2) is 7.69. The van der Waals surface area contributed by atoms with Crippen molar-refractivity contribution in [2.24, 2.45) is 5.92 Å². The second-order valence-electron chi connectivity index (χ2n) is 6.88. The van der Waals surface area contributed by atoms with E-state index in [1.165, 1.54) is 4.88 Å². The third-order valence-corrected chi connectivity index (χ3v) is 6.59. The number of rotatable bonds is 4. The van der Waals surface area contributed by atoms with Crippen LogP contribution in [0.4, 0.5) is 10.8 Å². The van der Waals surface area contributed by atoms with Gasteiger partial charge in [-0.3, -0.25) is 14.5 Å². The molecule has 1 unspecified atom stereocenters.